The Balaban J connectivity index is 1.73. The van der Waals surface area contributed by atoms with E-state index < -0.39 is 0 Å². The zero-order chi connectivity index (χ0) is 16.1. The molecule has 1 aromatic heterocycles. The summed E-state index contributed by atoms with van der Waals surface area (Å²) in [7, 11) is 0. The molecule has 1 N–H and O–H groups in total. The van der Waals surface area contributed by atoms with E-state index in [0.29, 0.717) is 17.1 Å². The predicted octanol–water partition coefficient (Wildman–Crippen LogP) is 3.69. The van der Waals surface area contributed by atoms with Crippen LogP contribution in [-0.2, 0) is 0 Å². The first-order valence-corrected chi connectivity index (χ1v) is 7.32. The van der Waals surface area contributed by atoms with Crippen molar-refractivity contribution in [1.29, 1.82) is 0 Å². The molecule has 5 nitrogen and oxygen atoms in total. The van der Waals surface area contributed by atoms with Crippen LogP contribution in [0.2, 0.25) is 0 Å². The van der Waals surface area contributed by atoms with Crippen LogP contribution in [0.15, 0.2) is 65.9 Å². The van der Waals surface area contributed by atoms with Gasteiger partial charge in [-0.3, -0.25) is 10.2 Å². The highest BCUT2D eigenvalue weighted by atomic mass is 16.1. The van der Waals surface area contributed by atoms with Gasteiger partial charge in [-0.25, -0.2) is 0 Å². The average molecular weight is 304 g/mol. The van der Waals surface area contributed by atoms with Gasteiger partial charge in [-0.05, 0) is 6.92 Å². The van der Waals surface area contributed by atoms with E-state index in [1.807, 2.05) is 49.4 Å². The van der Waals surface area contributed by atoms with Crippen molar-refractivity contribution in [2.24, 2.45) is 5.10 Å². The molecule has 2 aromatic carbocycles. The summed E-state index contributed by atoms with van der Waals surface area (Å²) >= 11 is 0. The molecule has 0 atom stereocenters. The zero-order valence-electron chi connectivity index (χ0n) is 12.7. The minimum atomic E-state index is 0.0395. The number of hydrogen-bond acceptors (Lipinski definition) is 5. The number of anilines is 1. The van der Waals surface area contributed by atoms with Gasteiger partial charge in [0.05, 0.1) is 12.6 Å². The molecule has 0 bridgehead atoms. The molecule has 23 heavy (non-hydrogen) atoms. The minimum absolute atomic E-state index is 0.0395. The van der Waals surface area contributed by atoms with Crippen molar-refractivity contribution in [1.82, 2.24) is 10.2 Å². The van der Waals surface area contributed by atoms with Gasteiger partial charge in [0.2, 0.25) is 0 Å². The fourth-order valence-electron chi connectivity index (χ4n) is 2.26. The Bertz CT molecular complexity index is 854. The molecule has 3 aromatic rings. The van der Waals surface area contributed by atoms with Gasteiger partial charge in [-0.2, -0.15) is 10.2 Å². The molecule has 0 saturated carbocycles. The number of aromatic nitrogens is 2. The summed E-state index contributed by atoms with van der Waals surface area (Å²) in [5.41, 5.74) is 4.28. The van der Waals surface area contributed by atoms with Crippen LogP contribution in [0.1, 0.15) is 23.7 Å². The zero-order valence-corrected chi connectivity index (χ0v) is 12.7. The Morgan fingerprint density at radius 1 is 1.09 bits per heavy atom. The van der Waals surface area contributed by atoms with Crippen LogP contribution in [0.3, 0.4) is 0 Å². The summed E-state index contributed by atoms with van der Waals surface area (Å²) in [5.74, 6) is 0.618. The predicted molar refractivity (Wildman–Crippen MR) is 91.7 cm³/mol. The van der Waals surface area contributed by atoms with Gasteiger partial charge in [-0.1, -0.05) is 54.6 Å². The Kier molecular flexibility index (Phi) is 4.38. The summed E-state index contributed by atoms with van der Waals surface area (Å²) in [6, 6.07) is 17.0. The number of ketones is 1. The molecule has 1 heterocycles. The highest BCUT2D eigenvalue weighted by Crippen LogP contribution is 2.19. The lowest BCUT2D eigenvalue weighted by atomic mass is 10.1. The van der Waals surface area contributed by atoms with Gasteiger partial charge in [0, 0.05) is 22.0 Å². The Morgan fingerprint density at radius 2 is 1.83 bits per heavy atom. The van der Waals surface area contributed by atoms with Gasteiger partial charge in [-0.15, -0.1) is 5.10 Å². The highest BCUT2D eigenvalue weighted by Gasteiger charge is 2.07. The minimum Gasteiger partial charge on any atom is -0.294 e. The normalized spacial score (nSPS) is 11.4. The van der Waals surface area contributed by atoms with Crippen LogP contribution in [0.4, 0.5) is 5.82 Å². The molecule has 0 radical (unpaired) electrons. The van der Waals surface area contributed by atoms with Crippen molar-refractivity contribution in [3.8, 4) is 0 Å². The number of carbonyl (C=O) groups excluding carboxylic acids is 1. The molecule has 0 amide bonds. The van der Waals surface area contributed by atoms with Crippen molar-refractivity contribution < 1.29 is 4.79 Å². The molecule has 0 unspecified atom stereocenters. The van der Waals surface area contributed by atoms with Gasteiger partial charge < -0.3 is 0 Å². The third-order valence-electron chi connectivity index (χ3n) is 3.44. The lowest BCUT2D eigenvalue weighted by molar-refractivity contribution is 0.100. The molecular formula is C18H16N4O. The number of nitrogens with zero attached hydrogens (tertiary/aromatic N) is 3. The summed E-state index contributed by atoms with van der Waals surface area (Å²) in [4.78, 5) is 12.1. The monoisotopic (exact) mass is 304 g/mol. The van der Waals surface area contributed by atoms with Gasteiger partial charge in [0.1, 0.15) is 0 Å². The molecule has 0 fully saturated rings. The molecule has 0 spiro atoms. The summed E-state index contributed by atoms with van der Waals surface area (Å²) in [6.45, 7) is 1.81. The van der Waals surface area contributed by atoms with Crippen molar-refractivity contribution in [2.45, 2.75) is 13.3 Å². The maximum atomic E-state index is 12.1. The summed E-state index contributed by atoms with van der Waals surface area (Å²) in [6.07, 6.45) is 1.96. The number of nitrogens with one attached hydrogen (secondary N) is 1. The van der Waals surface area contributed by atoms with Gasteiger partial charge >= 0.3 is 0 Å². The topological polar surface area (TPSA) is 67.2 Å². The Morgan fingerprint density at radius 3 is 2.65 bits per heavy atom. The lowest BCUT2D eigenvalue weighted by Crippen LogP contribution is -2.07. The van der Waals surface area contributed by atoms with Crippen molar-refractivity contribution in [2.75, 3.05) is 5.43 Å². The quantitative estimate of drug-likeness (QED) is 0.443. The highest BCUT2D eigenvalue weighted by molar-refractivity contribution is 6.09. The molecule has 0 aliphatic rings. The number of hydrogen-bond donors (Lipinski definition) is 1. The van der Waals surface area contributed by atoms with E-state index in [2.05, 4.69) is 20.7 Å². The van der Waals surface area contributed by atoms with E-state index >= 15 is 0 Å². The second-order valence-corrected chi connectivity index (χ2v) is 5.21. The number of carbonyl (C=O) groups is 1. The van der Waals surface area contributed by atoms with Gasteiger partial charge in [0.15, 0.2) is 11.6 Å². The van der Waals surface area contributed by atoms with Crippen molar-refractivity contribution in [3.63, 3.8) is 0 Å². The van der Waals surface area contributed by atoms with Crippen LogP contribution >= 0.6 is 0 Å². The van der Waals surface area contributed by atoms with Crippen molar-refractivity contribution >= 4 is 28.1 Å². The number of Topliss-reactive ketones (excluding diaryl/α,β-unsaturated/α-hetero) is 1. The molecule has 114 valence electrons. The molecular weight excluding hydrogens is 288 g/mol. The lowest BCUT2D eigenvalue weighted by Gasteiger charge is -2.05. The largest absolute Gasteiger partial charge is 0.294 e. The molecule has 0 saturated heterocycles. The third kappa shape index (κ3) is 3.58. The number of benzene rings is 2. The SMILES string of the molecule is C/C(CC(=O)c1ccccc1)=N\Nc1nncc2ccccc12. The summed E-state index contributed by atoms with van der Waals surface area (Å²) in [5, 5.41) is 14.2. The third-order valence-corrected chi connectivity index (χ3v) is 3.44. The molecule has 0 aliphatic carbocycles. The first-order chi connectivity index (χ1) is 11.2. The van der Waals surface area contributed by atoms with E-state index in [9.17, 15) is 4.79 Å². The fraction of sp³-hybridized carbons (Fsp3) is 0.111. The first-order valence-electron chi connectivity index (χ1n) is 7.32. The first kappa shape index (κ1) is 14.8. The Labute approximate surface area is 134 Å². The fourth-order valence-corrected chi connectivity index (χ4v) is 2.26. The van der Waals surface area contributed by atoms with Crippen LogP contribution in [0.25, 0.3) is 10.8 Å². The summed E-state index contributed by atoms with van der Waals surface area (Å²) < 4.78 is 0. The van der Waals surface area contributed by atoms with Crippen LogP contribution in [-0.4, -0.2) is 21.7 Å². The van der Waals surface area contributed by atoms with E-state index in [0.717, 1.165) is 10.8 Å². The second kappa shape index (κ2) is 6.79. The maximum Gasteiger partial charge on any atom is 0.176 e. The standard InChI is InChI=1S/C18H16N4O/c1-13(11-17(23)14-7-3-2-4-8-14)20-22-18-16-10-6-5-9-15(16)12-19-21-18/h2-10,12H,11H2,1H3,(H,21,22)/b20-13+. The van der Waals surface area contributed by atoms with E-state index in [4.69, 9.17) is 0 Å². The van der Waals surface area contributed by atoms with E-state index in [1.54, 1.807) is 18.3 Å². The number of fused-ring (bicyclic) bond motifs is 1. The van der Waals surface area contributed by atoms with Crippen LogP contribution in [0.5, 0.6) is 0 Å². The average Bonchev–Trinajstić information content (AvgIpc) is 2.60. The number of hydrazone groups is 1. The molecule has 3 rings (SSSR count). The molecule has 5 heteroatoms. The van der Waals surface area contributed by atoms with Crippen molar-refractivity contribution in [3.05, 3.63) is 66.4 Å². The van der Waals surface area contributed by atoms with Crippen LogP contribution in [0, 0.1) is 0 Å². The van der Waals surface area contributed by atoms with Crippen LogP contribution < -0.4 is 5.43 Å². The molecule has 0 aliphatic heterocycles. The van der Waals surface area contributed by atoms with E-state index in [-0.39, 0.29) is 12.2 Å². The smallest absolute Gasteiger partial charge is 0.176 e. The second-order valence-electron chi connectivity index (χ2n) is 5.21. The number of rotatable bonds is 5. The Hall–Kier alpha value is -3.08. The van der Waals surface area contributed by atoms with Gasteiger partial charge in [0.25, 0.3) is 0 Å². The maximum absolute atomic E-state index is 12.1. The van der Waals surface area contributed by atoms with E-state index in [1.165, 1.54) is 0 Å².